The molecule has 2 unspecified atom stereocenters. The second-order valence-electron chi connectivity index (χ2n) is 4.01. The summed E-state index contributed by atoms with van der Waals surface area (Å²) in [5.41, 5.74) is 2.22. The maximum absolute atomic E-state index is 11.2. The number of carbonyl (C=O) groups is 1. The average molecular weight is 193 g/mol. The van der Waals surface area contributed by atoms with Gasteiger partial charge in [0.05, 0.1) is 5.69 Å². The summed E-state index contributed by atoms with van der Waals surface area (Å²) in [5.74, 6) is 0.432. The first-order valence-corrected chi connectivity index (χ1v) is 4.87. The maximum atomic E-state index is 11.2. The zero-order valence-corrected chi connectivity index (χ0v) is 8.74. The van der Waals surface area contributed by atoms with E-state index in [1.807, 2.05) is 27.1 Å². The molecule has 1 saturated heterocycles. The zero-order valence-electron chi connectivity index (χ0n) is 8.74. The van der Waals surface area contributed by atoms with E-state index in [0.717, 1.165) is 5.69 Å². The van der Waals surface area contributed by atoms with Crippen LogP contribution >= 0.6 is 0 Å². The van der Waals surface area contributed by atoms with Gasteiger partial charge in [0.15, 0.2) is 0 Å². The van der Waals surface area contributed by atoms with Gasteiger partial charge in [-0.1, -0.05) is 0 Å². The van der Waals surface area contributed by atoms with Crippen molar-refractivity contribution in [2.24, 2.45) is 7.05 Å². The SMILES string of the molecule is Cc1nn(C)cc1C1CC(=O)NC1C. The lowest BCUT2D eigenvalue weighted by Crippen LogP contribution is -2.24. The third-order valence-electron chi connectivity index (χ3n) is 2.85. The van der Waals surface area contributed by atoms with Crippen molar-refractivity contribution in [2.45, 2.75) is 32.2 Å². The van der Waals surface area contributed by atoms with Crippen LogP contribution in [-0.4, -0.2) is 21.7 Å². The molecule has 1 aliphatic heterocycles. The van der Waals surface area contributed by atoms with Gasteiger partial charge in [-0.05, 0) is 19.4 Å². The van der Waals surface area contributed by atoms with Crippen LogP contribution in [0.5, 0.6) is 0 Å². The molecule has 2 rings (SSSR count). The van der Waals surface area contributed by atoms with Crippen LogP contribution in [-0.2, 0) is 11.8 Å². The lowest BCUT2D eigenvalue weighted by molar-refractivity contribution is -0.119. The quantitative estimate of drug-likeness (QED) is 0.714. The standard InChI is InChI=1S/C10H15N3O/c1-6-8(4-10(14)11-6)9-5-13(3)12-7(9)2/h5-6,8H,4H2,1-3H3,(H,11,14). The normalized spacial score (nSPS) is 26.6. The summed E-state index contributed by atoms with van der Waals surface area (Å²) in [6, 6.07) is 0.227. The van der Waals surface area contributed by atoms with Crippen LogP contribution < -0.4 is 5.32 Å². The fourth-order valence-corrected chi connectivity index (χ4v) is 2.15. The van der Waals surface area contributed by atoms with Crippen LogP contribution in [0, 0.1) is 6.92 Å². The first-order chi connectivity index (χ1) is 6.58. The Labute approximate surface area is 83.3 Å². The number of amides is 1. The van der Waals surface area contributed by atoms with E-state index in [1.54, 1.807) is 4.68 Å². The molecule has 4 nitrogen and oxygen atoms in total. The minimum absolute atomic E-state index is 0.144. The van der Waals surface area contributed by atoms with E-state index in [0.29, 0.717) is 6.42 Å². The molecule has 4 heteroatoms. The van der Waals surface area contributed by atoms with E-state index in [-0.39, 0.29) is 17.9 Å². The molecule has 2 atom stereocenters. The van der Waals surface area contributed by atoms with Crippen molar-refractivity contribution in [3.63, 3.8) is 0 Å². The maximum Gasteiger partial charge on any atom is 0.220 e. The summed E-state index contributed by atoms with van der Waals surface area (Å²) in [6.07, 6.45) is 2.60. The molecule has 0 bridgehead atoms. The molecule has 1 amide bonds. The van der Waals surface area contributed by atoms with Crippen molar-refractivity contribution in [3.05, 3.63) is 17.5 Å². The molecule has 1 N–H and O–H groups in total. The predicted molar refractivity (Wildman–Crippen MR) is 52.9 cm³/mol. The summed E-state index contributed by atoms with van der Waals surface area (Å²) in [6.45, 7) is 4.03. The van der Waals surface area contributed by atoms with Gasteiger partial charge in [0.1, 0.15) is 0 Å². The van der Waals surface area contributed by atoms with Gasteiger partial charge in [0.2, 0.25) is 5.91 Å². The van der Waals surface area contributed by atoms with Crippen LogP contribution in [0.3, 0.4) is 0 Å². The number of carbonyl (C=O) groups excluding carboxylic acids is 1. The highest BCUT2D eigenvalue weighted by Gasteiger charge is 2.32. The molecule has 14 heavy (non-hydrogen) atoms. The van der Waals surface area contributed by atoms with E-state index < -0.39 is 0 Å². The third kappa shape index (κ3) is 1.41. The number of hydrogen-bond acceptors (Lipinski definition) is 2. The Hall–Kier alpha value is -1.32. The number of aromatic nitrogens is 2. The highest BCUT2D eigenvalue weighted by Crippen LogP contribution is 2.29. The number of aryl methyl sites for hydroxylation is 2. The number of rotatable bonds is 1. The Morgan fingerprint density at radius 1 is 1.64 bits per heavy atom. The summed E-state index contributed by atoms with van der Waals surface area (Å²) in [4.78, 5) is 11.2. The number of hydrogen-bond donors (Lipinski definition) is 1. The number of nitrogens with zero attached hydrogens (tertiary/aromatic N) is 2. The second-order valence-corrected chi connectivity index (χ2v) is 4.01. The molecule has 1 aromatic heterocycles. The predicted octanol–water partition coefficient (Wildman–Crippen LogP) is 0.721. The van der Waals surface area contributed by atoms with Gasteiger partial charge in [-0.15, -0.1) is 0 Å². The Morgan fingerprint density at radius 2 is 2.36 bits per heavy atom. The first kappa shape index (κ1) is 9.24. The minimum Gasteiger partial charge on any atom is -0.353 e. The topological polar surface area (TPSA) is 46.9 Å². The summed E-state index contributed by atoms with van der Waals surface area (Å²) in [7, 11) is 1.91. The molecular formula is C10H15N3O. The zero-order chi connectivity index (χ0) is 10.3. The van der Waals surface area contributed by atoms with E-state index in [4.69, 9.17) is 0 Å². The largest absolute Gasteiger partial charge is 0.353 e. The van der Waals surface area contributed by atoms with Gasteiger partial charge in [-0.3, -0.25) is 9.48 Å². The smallest absolute Gasteiger partial charge is 0.220 e. The molecule has 2 heterocycles. The molecule has 0 radical (unpaired) electrons. The van der Waals surface area contributed by atoms with Crippen molar-refractivity contribution < 1.29 is 4.79 Å². The van der Waals surface area contributed by atoms with Crippen LogP contribution in [0.4, 0.5) is 0 Å². The fraction of sp³-hybridized carbons (Fsp3) is 0.600. The molecule has 1 aliphatic rings. The van der Waals surface area contributed by atoms with E-state index in [9.17, 15) is 4.79 Å². The molecule has 0 aliphatic carbocycles. The summed E-state index contributed by atoms with van der Waals surface area (Å²) in [5, 5.41) is 7.22. The molecule has 0 spiro atoms. The van der Waals surface area contributed by atoms with Gasteiger partial charge < -0.3 is 5.32 Å². The second kappa shape index (κ2) is 3.12. The molecule has 0 aromatic carbocycles. The Kier molecular flexibility index (Phi) is 2.06. The van der Waals surface area contributed by atoms with Gasteiger partial charge in [0, 0.05) is 31.6 Å². The van der Waals surface area contributed by atoms with Crippen LogP contribution in [0.1, 0.15) is 30.5 Å². The van der Waals surface area contributed by atoms with Gasteiger partial charge in [-0.2, -0.15) is 5.10 Å². The lowest BCUT2D eigenvalue weighted by atomic mass is 9.93. The summed E-state index contributed by atoms with van der Waals surface area (Å²) >= 11 is 0. The Bertz CT molecular complexity index is 369. The molecule has 1 fully saturated rings. The van der Waals surface area contributed by atoms with Crippen molar-refractivity contribution in [1.29, 1.82) is 0 Å². The van der Waals surface area contributed by atoms with Crippen LogP contribution in [0.2, 0.25) is 0 Å². The van der Waals surface area contributed by atoms with Crippen LogP contribution in [0.25, 0.3) is 0 Å². The van der Waals surface area contributed by atoms with Crippen LogP contribution in [0.15, 0.2) is 6.20 Å². The van der Waals surface area contributed by atoms with Gasteiger partial charge in [-0.25, -0.2) is 0 Å². The summed E-state index contributed by atoms with van der Waals surface area (Å²) < 4.78 is 1.81. The Balaban J connectivity index is 2.31. The lowest BCUT2D eigenvalue weighted by Gasteiger charge is -2.12. The van der Waals surface area contributed by atoms with Crippen molar-refractivity contribution in [3.8, 4) is 0 Å². The number of nitrogens with one attached hydrogen (secondary N) is 1. The molecule has 1 aromatic rings. The average Bonchev–Trinajstić information content (AvgIpc) is 2.55. The highest BCUT2D eigenvalue weighted by atomic mass is 16.1. The molecular weight excluding hydrogens is 178 g/mol. The third-order valence-corrected chi connectivity index (χ3v) is 2.85. The van der Waals surface area contributed by atoms with Crippen molar-refractivity contribution in [2.75, 3.05) is 0 Å². The highest BCUT2D eigenvalue weighted by molar-refractivity contribution is 5.80. The van der Waals surface area contributed by atoms with E-state index in [1.165, 1.54) is 5.56 Å². The van der Waals surface area contributed by atoms with E-state index >= 15 is 0 Å². The minimum atomic E-state index is 0.144. The van der Waals surface area contributed by atoms with Gasteiger partial charge >= 0.3 is 0 Å². The molecule has 0 saturated carbocycles. The first-order valence-electron chi connectivity index (χ1n) is 4.87. The van der Waals surface area contributed by atoms with Crippen molar-refractivity contribution in [1.82, 2.24) is 15.1 Å². The fourth-order valence-electron chi connectivity index (χ4n) is 2.15. The van der Waals surface area contributed by atoms with E-state index in [2.05, 4.69) is 10.4 Å². The monoisotopic (exact) mass is 193 g/mol. The van der Waals surface area contributed by atoms with Crippen molar-refractivity contribution >= 4 is 5.91 Å². The molecule has 76 valence electrons. The van der Waals surface area contributed by atoms with Gasteiger partial charge in [0.25, 0.3) is 0 Å². The Morgan fingerprint density at radius 3 is 2.79 bits per heavy atom.